The highest BCUT2D eigenvalue weighted by Gasteiger charge is 2.23. The summed E-state index contributed by atoms with van der Waals surface area (Å²) in [6.45, 7) is 0.891. The van der Waals surface area contributed by atoms with Crippen LogP contribution in [0.15, 0.2) is 12.4 Å². The molecule has 0 saturated heterocycles. The standard InChI is InChI=1S/C10H15IN4/c11-8-5-14-10(15-6-8)13-4-7-2-1-3-9(7)12/h5-7,9H,1-4,12H2,(H,13,14,15). The van der Waals surface area contributed by atoms with Gasteiger partial charge in [0.05, 0.1) is 0 Å². The second-order valence-corrected chi connectivity index (χ2v) is 5.21. The molecule has 1 aliphatic rings. The molecule has 1 fully saturated rings. The molecule has 0 radical (unpaired) electrons. The lowest BCUT2D eigenvalue weighted by atomic mass is 10.1. The average molecular weight is 318 g/mol. The molecular weight excluding hydrogens is 303 g/mol. The van der Waals surface area contributed by atoms with Gasteiger partial charge in [0.15, 0.2) is 0 Å². The van der Waals surface area contributed by atoms with Crippen molar-refractivity contribution in [3.8, 4) is 0 Å². The summed E-state index contributed by atoms with van der Waals surface area (Å²) in [5.41, 5.74) is 5.99. The van der Waals surface area contributed by atoms with Gasteiger partial charge in [-0.1, -0.05) is 6.42 Å². The molecule has 0 amide bonds. The highest BCUT2D eigenvalue weighted by Crippen LogP contribution is 2.23. The third kappa shape index (κ3) is 3.01. The van der Waals surface area contributed by atoms with E-state index in [9.17, 15) is 0 Å². The van der Waals surface area contributed by atoms with Crippen LogP contribution in [0.4, 0.5) is 5.95 Å². The third-order valence-electron chi connectivity index (χ3n) is 2.86. The number of rotatable bonds is 3. The molecule has 0 aliphatic heterocycles. The van der Waals surface area contributed by atoms with Crippen LogP contribution < -0.4 is 11.1 Å². The zero-order valence-electron chi connectivity index (χ0n) is 8.49. The van der Waals surface area contributed by atoms with Crippen molar-refractivity contribution in [2.45, 2.75) is 25.3 Å². The summed E-state index contributed by atoms with van der Waals surface area (Å²) in [6.07, 6.45) is 7.24. The monoisotopic (exact) mass is 318 g/mol. The summed E-state index contributed by atoms with van der Waals surface area (Å²) in [4.78, 5) is 8.39. The number of hydrogen-bond acceptors (Lipinski definition) is 4. The van der Waals surface area contributed by atoms with Gasteiger partial charge in [-0.15, -0.1) is 0 Å². The van der Waals surface area contributed by atoms with Gasteiger partial charge in [-0.05, 0) is 41.4 Å². The van der Waals surface area contributed by atoms with E-state index in [-0.39, 0.29) is 0 Å². The summed E-state index contributed by atoms with van der Waals surface area (Å²) in [5, 5.41) is 3.24. The third-order valence-corrected chi connectivity index (χ3v) is 3.42. The highest BCUT2D eigenvalue weighted by atomic mass is 127. The van der Waals surface area contributed by atoms with Crippen molar-refractivity contribution >= 4 is 28.5 Å². The molecule has 1 aliphatic carbocycles. The van der Waals surface area contributed by atoms with Gasteiger partial charge in [0.1, 0.15) is 0 Å². The molecule has 1 saturated carbocycles. The van der Waals surface area contributed by atoms with Crippen molar-refractivity contribution < 1.29 is 0 Å². The first-order chi connectivity index (χ1) is 7.25. The quantitative estimate of drug-likeness (QED) is 0.832. The molecule has 0 spiro atoms. The van der Waals surface area contributed by atoms with Crippen molar-refractivity contribution in [1.82, 2.24) is 9.97 Å². The molecule has 1 heterocycles. The fourth-order valence-corrected chi connectivity index (χ4v) is 2.22. The number of nitrogens with one attached hydrogen (secondary N) is 1. The lowest BCUT2D eigenvalue weighted by Crippen LogP contribution is -2.29. The Hall–Kier alpha value is -0.430. The molecule has 5 heteroatoms. The zero-order valence-corrected chi connectivity index (χ0v) is 10.6. The molecule has 82 valence electrons. The maximum absolute atomic E-state index is 5.99. The van der Waals surface area contributed by atoms with E-state index >= 15 is 0 Å². The minimum atomic E-state index is 0.348. The predicted octanol–water partition coefficient (Wildman–Crippen LogP) is 1.62. The van der Waals surface area contributed by atoms with Gasteiger partial charge >= 0.3 is 0 Å². The lowest BCUT2D eigenvalue weighted by Gasteiger charge is -2.15. The van der Waals surface area contributed by atoms with E-state index in [4.69, 9.17) is 5.73 Å². The van der Waals surface area contributed by atoms with Crippen molar-refractivity contribution in [1.29, 1.82) is 0 Å². The molecule has 2 atom stereocenters. The Labute approximate surface area is 103 Å². The molecule has 2 unspecified atom stereocenters. The Balaban J connectivity index is 1.85. The van der Waals surface area contributed by atoms with Crippen LogP contribution in [0.3, 0.4) is 0 Å². The molecular formula is C10H15IN4. The Morgan fingerprint density at radius 3 is 2.73 bits per heavy atom. The van der Waals surface area contributed by atoms with E-state index in [0.717, 1.165) is 16.5 Å². The predicted molar refractivity (Wildman–Crippen MR) is 68.6 cm³/mol. The van der Waals surface area contributed by atoms with E-state index in [1.165, 1.54) is 12.8 Å². The Morgan fingerprint density at radius 2 is 2.13 bits per heavy atom. The molecule has 0 bridgehead atoms. The first kappa shape index (κ1) is 11.1. The van der Waals surface area contributed by atoms with Crippen molar-refractivity contribution in [2.24, 2.45) is 11.7 Å². The van der Waals surface area contributed by atoms with Crippen molar-refractivity contribution in [3.63, 3.8) is 0 Å². The minimum absolute atomic E-state index is 0.348. The SMILES string of the molecule is NC1CCCC1CNc1ncc(I)cn1. The van der Waals surface area contributed by atoms with Gasteiger partial charge in [0, 0.05) is 28.6 Å². The van der Waals surface area contributed by atoms with Gasteiger partial charge in [-0.3, -0.25) is 0 Å². The van der Waals surface area contributed by atoms with E-state index in [1.807, 2.05) is 12.4 Å². The van der Waals surface area contributed by atoms with E-state index in [2.05, 4.69) is 37.9 Å². The molecule has 1 aromatic heterocycles. The van der Waals surface area contributed by atoms with Crippen molar-refractivity contribution in [3.05, 3.63) is 16.0 Å². The molecule has 1 aromatic rings. The molecule has 3 N–H and O–H groups in total. The van der Waals surface area contributed by atoms with Crippen molar-refractivity contribution in [2.75, 3.05) is 11.9 Å². The summed E-state index contributed by atoms with van der Waals surface area (Å²) in [6, 6.07) is 0.348. The van der Waals surface area contributed by atoms with Gasteiger partial charge in [-0.2, -0.15) is 0 Å². The average Bonchev–Trinajstić information content (AvgIpc) is 2.63. The van der Waals surface area contributed by atoms with Crippen LogP contribution in [0.2, 0.25) is 0 Å². The molecule has 15 heavy (non-hydrogen) atoms. The van der Waals surface area contributed by atoms with Crippen LogP contribution in [0, 0.1) is 9.49 Å². The number of halogens is 1. The van der Waals surface area contributed by atoms with Crippen LogP contribution in [0.25, 0.3) is 0 Å². The van der Waals surface area contributed by atoms with Crippen LogP contribution in [0.1, 0.15) is 19.3 Å². The highest BCUT2D eigenvalue weighted by molar-refractivity contribution is 14.1. The van der Waals surface area contributed by atoms with Gasteiger partial charge in [0.25, 0.3) is 0 Å². The van der Waals surface area contributed by atoms with E-state index in [0.29, 0.717) is 17.9 Å². The fourth-order valence-electron chi connectivity index (χ4n) is 1.94. The Kier molecular flexibility index (Phi) is 3.74. The number of nitrogens with zero attached hydrogens (tertiary/aromatic N) is 2. The fraction of sp³-hybridized carbons (Fsp3) is 0.600. The minimum Gasteiger partial charge on any atom is -0.354 e. The summed E-state index contributed by atoms with van der Waals surface area (Å²) in [7, 11) is 0. The van der Waals surface area contributed by atoms with E-state index in [1.54, 1.807) is 0 Å². The Bertz CT molecular complexity index is 314. The molecule has 0 aromatic carbocycles. The maximum Gasteiger partial charge on any atom is 0.222 e. The number of nitrogens with two attached hydrogens (primary N) is 1. The van der Waals surface area contributed by atoms with E-state index < -0.39 is 0 Å². The first-order valence-electron chi connectivity index (χ1n) is 5.22. The van der Waals surface area contributed by atoms with Crippen LogP contribution in [-0.4, -0.2) is 22.6 Å². The summed E-state index contributed by atoms with van der Waals surface area (Å²) in [5.74, 6) is 1.28. The topological polar surface area (TPSA) is 63.8 Å². The first-order valence-corrected chi connectivity index (χ1v) is 6.30. The number of aromatic nitrogens is 2. The second kappa shape index (κ2) is 5.07. The van der Waals surface area contributed by atoms with Crippen LogP contribution in [-0.2, 0) is 0 Å². The van der Waals surface area contributed by atoms with Gasteiger partial charge in [-0.25, -0.2) is 9.97 Å². The largest absolute Gasteiger partial charge is 0.354 e. The summed E-state index contributed by atoms with van der Waals surface area (Å²) < 4.78 is 1.05. The van der Waals surface area contributed by atoms with Crippen LogP contribution >= 0.6 is 22.6 Å². The Morgan fingerprint density at radius 1 is 1.40 bits per heavy atom. The second-order valence-electron chi connectivity index (χ2n) is 3.96. The maximum atomic E-state index is 5.99. The van der Waals surface area contributed by atoms with Gasteiger partial charge in [0.2, 0.25) is 5.95 Å². The smallest absolute Gasteiger partial charge is 0.222 e. The molecule has 4 nitrogen and oxygen atoms in total. The lowest BCUT2D eigenvalue weighted by molar-refractivity contribution is 0.504. The number of anilines is 1. The zero-order chi connectivity index (χ0) is 10.7. The number of hydrogen-bond donors (Lipinski definition) is 2. The summed E-state index contributed by atoms with van der Waals surface area (Å²) >= 11 is 2.19. The van der Waals surface area contributed by atoms with Crippen LogP contribution in [0.5, 0.6) is 0 Å². The molecule has 2 rings (SSSR count). The van der Waals surface area contributed by atoms with Gasteiger partial charge < -0.3 is 11.1 Å². The normalized spacial score (nSPS) is 25.5.